The molecule has 4 rings (SSSR count). The van der Waals surface area contributed by atoms with Gasteiger partial charge in [0.15, 0.2) is 6.10 Å². The number of ether oxygens (including phenoxy) is 3. The van der Waals surface area contributed by atoms with E-state index in [2.05, 4.69) is 5.32 Å². The van der Waals surface area contributed by atoms with Gasteiger partial charge in [0.2, 0.25) is 0 Å². The maximum absolute atomic E-state index is 13.0. The second-order valence-electron chi connectivity index (χ2n) is 8.27. The van der Waals surface area contributed by atoms with Gasteiger partial charge in [-0.25, -0.2) is 0 Å². The Labute approximate surface area is 177 Å². The minimum atomic E-state index is -0.643. The molecule has 0 fully saturated rings. The summed E-state index contributed by atoms with van der Waals surface area (Å²) in [4.78, 5) is 13.0. The summed E-state index contributed by atoms with van der Waals surface area (Å²) in [5.41, 5.74) is 0.526. The second-order valence-corrected chi connectivity index (χ2v) is 8.27. The Balaban J connectivity index is 1.54. The molecule has 0 unspecified atom stereocenters. The maximum Gasteiger partial charge on any atom is 0.261 e. The monoisotopic (exact) mass is 405 g/mol. The van der Waals surface area contributed by atoms with Crippen LogP contribution in [0.25, 0.3) is 10.8 Å². The molecule has 0 saturated carbocycles. The fourth-order valence-electron chi connectivity index (χ4n) is 3.92. The lowest BCUT2D eigenvalue weighted by Crippen LogP contribution is -2.44. The molecular formula is C25H27NO4. The standard InChI is InChI=1S/C25H27NO4/c1-16(29-22-11-7-9-17-8-5-6-10-19(17)22)24(27)26-21-15-25(2,3)30-23-13-12-18(28-4)14-20(21)23/h5-14,16,21H,15H2,1-4H3,(H,26,27)/t16-,21-/m0/s1. The summed E-state index contributed by atoms with van der Waals surface area (Å²) in [5, 5.41) is 5.22. The van der Waals surface area contributed by atoms with Crippen molar-refractivity contribution in [1.29, 1.82) is 0 Å². The van der Waals surface area contributed by atoms with E-state index in [9.17, 15) is 4.79 Å². The van der Waals surface area contributed by atoms with Crippen LogP contribution in [0.1, 0.15) is 38.8 Å². The highest BCUT2D eigenvalue weighted by Crippen LogP contribution is 2.41. The summed E-state index contributed by atoms with van der Waals surface area (Å²) in [6.45, 7) is 5.82. The average Bonchev–Trinajstić information content (AvgIpc) is 2.73. The smallest absolute Gasteiger partial charge is 0.261 e. The van der Waals surface area contributed by atoms with Crippen LogP contribution in [0.15, 0.2) is 60.7 Å². The molecular weight excluding hydrogens is 378 g/mol. The molecule has 3 aromatic carbocycles. The Morgan fingerprint density at radius 3 is 2.70 bits per heavy atom. The summed E-state index contributed by atoms with van der Waals surface area (Å²) in [6, 6.07) is 19.3. The molecule has 0 bridgehead atoms. The van der Waals surface area contributed by atoms with Crippen LogP contribution in [0, 0.1) is 0 Å². The first-order valence-corrected chi connectivity index (χ1v) is 10.2. The number of carbonyl (C=O) groups excluding carboxylic acids is 1. The Hall–Kier alpha value is -3.21. The third-order valence-corrected chi connectivity index (χ3v) is 5.41. The fourth-order valence-corrected chi connectivity index (χ4v) is 3.92. The minimum Gasteiger partial charge on any atom is -0.497 e. The van der Waals surface area contributed by atoms with E-state index >= 15 is 0 Å². The summed E-state index contributed by atoms with van der Waals surface area (Å²) in [7, 11) is 1.63. The Morgan fingerprint density at radius 1 is 1.13 bits per heavy atom. The van der Waals surface area contributed by atoms with Gasteiger partial charge < -0.3 is 19.5 Å². The van der Waals surface area contributed by atoms with Crippen molar-refractivity contribution in [2.45, 2.75) is 44.9 Å². The Morgan fingerprint density at radius 2 is 1.90 bits per heavy atom. The van der Waals surface area contributed by atoms with Crippen molar-refractivity contribution < 1.29 is 19.0 Å². The molecule has 1 amide bonds. The van der Waals surface area contributed by atoms with Crippen LogP contribution in [0.2, 0.25) is 0 Å². The first-order chi connectivity index (χ1) is 14.4. The van der Waals surface area contributed by atoms with E-state index in [0.717, 1.165) is 27.8 Å². The summed E-state index contributed by atoms with van der Waals surface area (Å²) < 4.78 is 17.5. The van der Waals surface area contributed by atoms with E-state index < -0.39 is 6.10 Å². The van der Waals surface area contributed by atoms with Gasteiger partial charge in [0.25, 0.3) is 5.91 Å². The van der Waals surface area contributed by atoms with Crippen molar-refractivity contribution in [3.8, 4) is 17.2 Å². The number of hydrogen-bond donors (Lipinski definition) is 1. The highest BCUT2D eigenvalue weighted by molar-refractivity contribution is 5.89. The summed E-state index contributed by atoms with van der Waals surface area (Å²) >= 11 is 0. The summed E-state index contributed by atoms with van der Waals surface area (Å²) in [6.07, 6.45) is 0.00992. The summed E-state index contributed by atoms with van der Waals surface area (Å²) in [5.74, 6) is 2.03. The third-order valence-electron chi connectivity index (χ3n) is 5.41. The predicted octanol–water partition coefficient (Wildman–Crippen LogP) is 5.03. The van der Waals surface area contributed by atoms with E-state index in [1.54, 1.807) is 14.0 Å². The lowest BCUT2D eigenvalue weighted by Gasteiger charge is -2.38. The van der Waals surface area contributed by atoms with Crippen LogP contribution >= 0.6 is 0 Å². The van der Waals surface area contributed by atoms with Gasteiger partial charge in [-0.1, -0.05) is 36.4 Å². The molecule has 0 radical (unpaired) electrons. The van der Waals surface area contributed by atoms with E-state index in [4.69, 9.17) is 14.2 Å². The largest absolute Gasteiger partial charge is 0.497 e. The molecule has 0 aliphatic carbocycles. The molecule has 1 N–H and O–H groups in total. The maximum atomic E-state index is 13.0. The predicted molar refractivity (Wildman–Crippen MR) is 117 cm³/mol. The van der Waals surface area contributed by atoms with E-state index in [0.29, 0.717) is 12.2 Å². The van der Waals surface area contributed by atoms with Crippen LogP contribution < -0.4 is 19.5 Å². The number of amides is 1. The first kappa shape index (κ1) is 20.1. The van der Waals surface area contributed by atoms with Gasteiger partial charge in [-0.2, -0.15) is 0 Å². The second kappa shape index (κ2) is 7.90. The van der Waals surface area contributed by atoms with Crippen LogP contribution in [-0.4, -0.2) is 24.7 Å². The Kier molecular flexibility index (Phi) is 5.29. The Bertz CT molecular complexity index is 1070. The first-order valence-electron chi connectivity index (χ1n) is 10.2. The topological polar surface area (TPSA) is 56.8 Å². The van der Waals surface area contributed by atoms with Gasteiger partial charge in [0.05, 0.1) is 13.2 Å². The zero-order chi connectivity index (χ0) is 21.3. The molecule has 0 saturated heterocycles. The quantitative estimate of drug-likeness (QED) is 0.647. The number of benzene rings is 3. The highest BCUT2D eigenvalue weighted by Gasteiger charge is 2.35. The van der Waals surface area contributed by atoms with Crippen molar-refractivity contribution in [3.05, 3.63) is 66.2 Å². The van der Waals surface area contributed by atoms with Crippen LogP contribution in [0.4, 0.5) is 0 Å². The van der Waals surface area contributed by atoms with Gasteiger partial charge in [0, 0.05) is 17.4 Å². The van der Waals surface area contributed by atoms with Gasteiger partial charge in [-0.15, -0.1) is 0 Å². The molecule has 5 heteroatoms. The zero-order valence-electron chi connectivity index (χ0n) is 17.8. The molecule has 3 aromatic rings. The number of nitrogens with one attached hydrogen (secondary N) is 1. The lowest BCUT2D eigenvalue weighted by molar-refractivity contribution is -0.128. The van der Waals surface area contributed by atoms with Crippen LogP contribution in [0.3, 0.4) is 0 Å². The van der Waals surface area contributed by atoms with Gasteiger partial charge in [0.1, 0.15) is 22.8 Å². The van der Waals surface area contributed by atoms with Gasteiger partial charge in [-0.05, 0) is 50.4 Å². The number of hydrogen-bond acceptors (Lipinski definition) is 4. The lowest BCUT2D eigenvalue weighted by atomic mass is 9.89. The van der Waals surface area contributed by atoms with E-state index in [-0.39, 0.29) is 17.6 Å². The highest BCUT2D eigenvalue weighted by atomic mass is 16.5. The fraction of sp³-hybridized carbons (Fsp3) is 0.320. The molecule has 2 atom stereocenters. The third kappa shape index (κ3) is 4.06. The van der Waals surface area contributed by atoms with Crippen molar-refractivity contribution in [3.63, 3.8) is 0 Å². The van der Waals surface area contributed by atoms with Crippen molar-refractivity contribution in [2.24, 2.45) is 0 Å². The normalized spacial score (nSPS) is 18.1. The molecule has 1 aliphatic heterocycles. The molecule has 156 valence electrons. The van der Waals surface area contributed by atoms with Crippen molar-refractivity contribution in [1.82, 2.24) is 5.32 Å². The molecule has 5 nitrogen and oxygen atoms in total. The van der Waals surface area contributed by atoms with Crippen LogP contribution in [0.5, 0.6) is 17.2 Å². The number of carbonyl (C=O) groups is 1. The molecule has 1 heterocycles. The van der Waals surface area contributed by atoms with Crippen molar-refractivity contribution >= 4 is 16.7 Å². The SMILES string of the molecule is COc1ccc2c(c1)[C@@H](NC(=O)[C@H](C)Oc1cccc3ccccc13)CC(C)(C)O2. The molecule has 0 aromatic heterocycles. The number of fused-ring (bicyclic) bond motifs is 2. The zero-order valence-corrected chi connectivity index (χ0v) is 17.8. The van der Waals surface area contributed by atoms with E-state index in [1.165, 1.54) is 0 Å². The van der Waals surface area contributed by atoms with Gasteiger partial charge in [-0.3, -0.25) is 4.79 Å². The molecule has 1 aliphatic rings. The molecule has 30 heavy (non-hydrogen) atoms. The van der Waals surface area contributed by atoms with E-state index in [1.807, 2.05) is 74.5 Å². The number of rotatable bonds is 5. The average molecular weight is 405 g/mol. The van der Waals surface area contributed by atoms with Gasteiger partial charge >= 0.3 is 0 Å². The van der Waals surface area contributed by atoms with Crippen molar-refractivity contribution in [2.75, 3.05) is 7.11 Å². The van der Waals surface area contributed by atoms with Crippen LogP contribution in [-0.2, 0) is 4.79 Å². The molecule has 0 spiro atoms. The number of methoxy groups -OCH3 is 1. The minimum absolute atomic E-state index is 0.167.